The first-order valence-electron chi connectivity index (χ1n) is 7.14. The number of carbonyl (C=O) groups is 1. The molecule has 1 aromatic rings. The third kappa shape index (κ3) is 4.90. The number of aryl methyl sites for hydroxylation is 2. The van der Waals surface area contributed by atoms with E-state index in [-0.39, 0.29) is 0 Å². The Balaban J connectivity index is 3.16. The summed E-state index contributed by atoms with van der Waals surface area (Å²) in [4.78, 5) is 12.0. The van der Waals surface area contributed by atoms with Gasteiger partial charge in [0.25, 0.3) is 5.91 Å². The number of amides is 1. The van der Waals surface area contributed by atoms with Crippen molar-refractivity contribution in [2.24, 2.45) is 0 Å². The zero-order chi connectivity index (χ0) is 16.5. The van der Waals surface area contributed by atoms with Gasteiger partial charge in [0, 0.05) is 0 Å². The molecule has 0 saturated carbocycles. The van der Waals surface area contributed by atoms with E-state index in [9.17, 15) is 4.79 Å². The topological polar surface area (TPSA) is 58.6 Å². The fourth-order valence-electron chi connectivity index (χ4n) is 1.99. The number of carbonyl (C=O) groups excluding carboxylic acids is 1. The SMILES string of the molecule is C=C/C=C(\C/C=C\C)C(Oc1cc(C)ccc1C)C(=O)NO. The molecule has 0 bridgehead atoms. The summed E-state index contributed by atoms with van der Waals surface area (Å²) in [5.74, 6) is 0.00236. The van der Waals surface area contributed by atoms with Crippen LogP contribution in [-0.4, -0.2) is 17.2 Å². The Kier molecular flexibility index (Phi) is 7.13. The number of nitrogens with one attached hydrogen (secondary N) is 1. The van der Waals surface area contributed by atoms with E-state index < -0.39 is 12.0 Å². The molecule has 0 saturated heterocycles. The number of rotatable bonds is 7. The van der Waals surface area contributed by atoms with Crippen LogP contribution < -0.4 is 10.2 Å². The van der Waals surface area contributed by atoms with Crippen LogP contribution in [0.5, 0.6) is 5.75 Å². The maximum atomic E-state index is 12.0. The van der Waals surface area contributed by atoms with Crippen LogP contribution in [0.1, 0.15) is 24.5 Å². The molecular formula is C18H23NO3. The van der Waals surface area contributed by atoms with E-state index in [1.165, 1.54) is 0 Å². The average molecular weight is 301 g/mol. The zero-order valence-electron chi connectivity index (χ0n) is 13.3. The molecule has 0 fully saturated rings. The summed E-state index contributed by atoms with van der Waals surface area (Å²) in [7, 11) is 0. The molecule has 0 spiro atoms. The summed E-state index contributed by atoms with van der Waals surface area (Å²) in [6.45, 7) is 9.43. The molecule has 1 unspecified atom stereocenters. The summed E-state index contributed by atoms with van der Waals surface area (Å²) >= 11 is 0. The second-order valence-corrected chi connectivity index (χ2v) is 4.99. The van der Waals surface area contributed by atoms with Crippen molar-refractivity contribution in [3.8, 4) is 5.75 Å². The van der Waals surface area contributed by atoms with Crippen LogP contribution in [-0.2, 0) is 4.79 Å². The minimum absolute atomic E-state index is 0.533. The van der Waals surface area contributed by atoms with Crippen molar-refractivity contribution >= 4 is 5.91 Å². The number of hydrogen-bond acceptors (Lipinski definition) is 3. The highest BCUT2D eigenvalue weighted by Crippen LogP contribution is 2.24. The summed E-state index contributed by atoms with van der Waals surface area (Å²) in [5.41, 5.74) is 4.34. The average Bonchev–Trinajstić information content (AvgIpc) is 2.51. The third-order valence-corrected chi connectivity index (χ3v) is 3.19. The van der Waals surface area contributed by atoms with E-state index in [1.807, 2.05) is 51.1 Å². The van der Waals surface area contributed by atoms with Gasteiger partial charge >= 0.3 is 0 Å². The molecule has 0 heterocycles. The number of allylic oxidation sites excluding steroid dienone is 4. The molecule has 118 valence electrons. The van der Waals surface area contributed by atoms with Gasteiger partial charge in [0.05, 0.1) is 0 Å². The van der Waals surface area contributed by atoms with Crippen molar-refractivity contribution < 1.29 is 14.7 Å². The van der Waals surface area contributed by atoms with Crippen LogP contribution in [0.15, 0.2) is 54.7 Å². The molecular weight excluding hydrogens is 278 g/mol. The van der Waals surface area contributed by atoms with E-state index in [0.717, 1.165) is 11.1 Å². The molecule has 0 aromatic heterocycles. The van der Waals surface area contributed by atoms with E-state index in [4.69, 9.17) is 9.94 Å². The highest BCUT2D eigenvalue weighted by molar-refractivity contribution is 5.83. The van der Waals surface area contributed by atoms with Gasteiger partial charge < -0.3 is 4.74 Å². The Hall–Kier alpha value is -2.33. The molecule has 4 heteroatoms. The number of benzene rings is 1. The molecule has 1 aromatic carbocycles. The minimum atomic E-state index is -0.917. The standard InChI is InChI=1S/C18H23NO3/c1-5-7-9-15(8-6-2)17(18(20)19-21)22-16-12-13(3)10-11-14(16)4/h5-8,10-12,17,21H,2,9H2,1,3-4H3,(H,19,20)/b7-5-,15-8+. The zero-order valence-corrected chi connectivity index (χ0v) is 13.3. The normalized spacial score (nSPS) is 13.0. The maximum Gasteiger partial charge on any atom is 0.288 e. The van der Waals surface area contributed by atoms with Crippen molar-refractivity contribution in [2.45, 2.75) is 33.3 Å². The van der Waals surface area contributed by atoms with Gasteiger partial charge in [0.1, 0.15) is 5.75 Å². The van der Waals surface area contributed by atoms with Crippen LogP contribution in [0.3, 0.4) is 0 Å². The Morgan fingerprint density at radius 3 is 2.77 bits per heavy atom. The van der Waals surface area contributed by atoms with Gasteiger partial charge in [0.15, 0.2) is 0 Å². The van der Waals surface area contributed by atoms with Crippen molar-refractivity contribution in [1.82, 2.24) is 5.48 Å². The first-order chi connectivity index (χ1) is 10.5. The molecule has 0 radical (unpaired) electrons. The second kappa shape index (κ2) is 8.85. The fourth-order valence-corrected chi connectivity index (χ4v) is 1.99. The smallest absolute Gasteiger partial charge is 0.288 e. The van der Waals surface area contributed by atoms with Crippen LogP contribution >= 0.6 is 0 Å². The second-order valence-electron chi connectivity index (χ2n) is 4.99. The van der Waals surface area contributed by atoms with Gasteiger partial charge in [-0.2, -0.15) is 0 Å². The Bertz CT molecular complexity index is 588. The molecule has 4 nitrogen and oxygen atoms in total. The van der Waals surface area contributed by atoms with Crippen molar-refractivity contribution in [3.63, 3.8) is 0 Å². The van der Waals surface area contributed by atoms with Gasteiger partial charge in [-0.3, -0.25) is 10.0 Å². The first kappa shape index (κ1) is 17.7. The molecule has 0 aliphatic heterocycles. The van der Waals surface area contributed by atoms with E-state index in [1.54, 1.807) is 17.6 Å². The third-order valence-electron chi connectivity index (χ3n) is 3.19. The van der Waals surface area contributed by atoms with E-state index >= 15 is 0 Å². The van der Waals surface area contributed by atoms with E-state index in [2.05, 4.69) is 6.58 Å². The molecule has 1 rings (SSSR count). The van der Waals surface area contributed by atoms with E-state index in [0.29, 0.717) is 17.7 Å². The molecule has 1 amide bonds. The number of hydrogen-bond donors (Lipinski definition) is 2. The molecule has 0 aliphatic rings. The van der Waals surface area contributed by atoms with Gasteiger partial charge in [-0.05, 0) is 50.0 Å². The predicted molar refractivity (Wildman–Crippen MR) is 88.0 cm³/mol. The lowest BCUT2D eigenvalue weighted by Gasteiger charge is -2.21. The first-order valence-corrected chi connectivity index (χ1v) is 7.14. The van der Waals surface area contributed by atoms with Gasteiger partial charge in [-0.15, -0.1) is 0 Å². The number of hydroxylamine groups is 1. The Labute approximate surface area is 131 Å². The van der Waals surface area contributed by atoms with Crippen molar-refractivity contribution in [2.75, 3.05) is 0 Å². The van der Waals surface area contributed by atoms with Gasteiger partial charge in [0.2, 0.25) is 6.10 Å². The quantitative estimate of drug-likeness (QED) is 0.350. The Morgan fingerprint density at radius 2 is 2.18 bits per heavy atom. The Morgan fingerprint density at radius 1 is 1.45 bits per heavy atom. The van der Waals surface area contributed by atoms with Crippen LogP contribution in [0.2, 0.25) is 0 Å². The molecule has 0 aliphatic carbocycles. The van der Waals surface area contributed by atoms with Crippen LogP contribution in [0, 0.1) is 13.8 Å². The lowest BCUT2D eigenvalue weighted by molar-refractivity contribution is -0.134. The van der Waals surface area contributed by atoms with Crippen LogP contribution in [0.4, 0.5) is 0 Å². The minimum Gasteiger partial charge on any atom is -0.476 e. The summed E-state index contributed by atoms with van der Waals surface area (Å²) in [5, 5.41) is 9.00. The van der Waals surface area contributed by atoms with Crippen molar-refractivity contribution in [3.05, 3.63) is 65.8 Å². The molecule has 22 heavy (non-hydrogen) atoms. The van der Waals surface area contributed by atoms with Crippen LogP contribution in [0.25, 0.3) is 0 Å². The highest BCUT2D eigenvalue weighted by Gasteiger charge is 2.24. The summed E-state index contributed by atoms with van der Waals surface area (Å²) in [6, 6.07) is 5.78. The van der Waals surface area contributed by atoms with Crippen molar-refractivity contribution in [1.29, 1.82) is 0 Å². The predicted octanol–water partition coefficient (Wildman–Crippen LogP) is 3.63. The van der Waals surface area contributed by atoms with Gasteiger partial charge in [-0.25, -0.2) is 5.48 Å². The maximum absolute atomic E-state index is 12.0. The highest BCUT2D eigenvalue weighted by atomic mass is 16.5. The van der Waals surface area contributed by atoms with Gasteiger partial charge in [-0.1, -0.05) is 43.0 Å². The largest absolute Gasteiger partial charge is 0.476 e. The molecule has 2 N–H and O–H groups in total. The monoisotopic (exact) mass is 301 g/mol. The lowest BCUT2D eigenvalue weighted by atomic mass is 10.0. The molecule has 1 atom stereocenters. The number of ether oxygens (including phenoxy) is 1. The fraction of sp³-hybridized carbons (Fsp3) is 0.278. The summed E-state index contributed by atoms with van der Waals surface area (Å²) in [6.07, 6.45) is 6.75. The summed E-state index contributed by atoms with van der Waals surface area (Å²) < 4.78 is 5.87. The lowest BCUT2D eigenvalue weighted by Crippen LogP contribution is -2.38.